The minimum atomic E-state index is 0.490. The Bertz CT molecular complexity index is 612. The number of hydrogen-bond donors (Lipinski definition) is 1. The highest BCUT2D eigenvalue weighted by molar-refractivity contribution is 6.35. The van der Waals surface area contributed by atoms with Gasteiger partial charge in [0.2, 0.25) is 0 Å². The molecule has 1 N–H and O–H groups in total. The first-order valence-corrected chi connectivity index (χ1v) is 7.57. The summed E-state index contributed by atoms with van der Waals surface area (Å²) < 4.78 is 0. The van der Waals surface area contributed by atoms with Crippen molar-refractivity contribution < 1.29 is 0 Å². The average Bonchev–Trinajstić information content (AvgIpc) is 2.91. The predicted octanol–water partition coefficient (Wildman–Crippen LogP) is 3.78. The standard InChI is InChI=1S/C16H20ClN3/c1-11(2)20-9-7-12(10-20)19-15-6-5-14(17)13-4-3-8-18-16(13)15/h3-6,8,11-12,19H,7,9-10H2,1-2H3. The SMILES string of the molecule is CC(C)N1CCC(Nc2ccc(Cl)c3cccnc23)C1. The van der Waals surface area contributed by atoms with Gasteiger partial charge in [-0.05, 0) is 44.5 Å². The number of nitrogens with one attached hydrogen (secondary N) is 1. The lowest BCUT2D eigenvalue weighted by Gasteiger charge is -2.21. The molecule has 20 heavy (non-hydrogen) atoms. The smallest absolute Gasteiger partial charge is 0.0948 e. The van der Waals surface area contributed by atoms with E-state index in [0.29, 0.717) is 12.1 Å². The number of halogens is 1. The van der Waals surface area contributed by atoms with Gasteiger partial charge in [-0.25, -0.2) is 0 Å². The van der Waals surface area contributed by atoms with Crippen LogP contribution in [0.4, 0.5) is 5.69 Å². The Morgan fingerprint density at radius 2 is 2.20 bits per heavy atom. The minimum Gasteiger partial charge on any atom is -0.379 e. The van der Waals surface area contributed by atoms with E-state index < -0.39 is 0 Å². The van der Waals surface area contributed by atoms with Crippen LogP contribution in [0.3, 0.4) is 0 Å². The lowest BCUT2D eigenvalue weighted by Crippen LogP contribution is -2.31. The van der Waals surface area contributed by atoms with Crippen LogP contribution in [0.25, 0.3) is 10.9 Å². The fraction of sp³-hybridized carbons (Fsp3) is 0.438. The van der Waals surface area contributed by atoms with Gasteiger partial charge in [0.1, 0.15) is 0 Å². The van der Waals surface area contributed by atoms with Gasteiger partial charge in [-0.15, -0.1) is 0 Å². The lowest BCUT2D eigenvalue weighted by molar-refractivity contribution is 0.274. The molecule has 2 aromatic rings. The number of likely N-dealkylation sites (tertiary alicyclic amines) is 1. The normalized spacial score (nSPS) is 19.9. The monoisotopic (exact) mass is 289 g/mol. The number of aromatic nitrogens is 1. The quantitative estimate of drug-likeness (QED) is 0.932. The highest BCUT2D eigenvalue weighted by Crippen LogP contribution is 2.29. The number of nitrogens with zero attached hydrogens (tertiary/aromatic N) is 2. The maximum Gasteiger partial charge on any atom is 0.0948 e. The molecule has 2 heterocycles. The molecular formula is C16H20ClN3. The molecule has 4 heteroatoms. The van der Waals surface area contributed by atoms with E-state index in [2.05, 4.69) is 29.0 Å². The maximum atomic E-state index is 6.23. The van der Waals surface area contributed by atoms with E-state index in [4.69, 9.17) is 11.6 Å². The van der Waals surface area contributed by atoms with Gasteiger partial charge in [-0.2, -0.15) is 0 Å². The van der Waals surface area contributed by atoms with Crippen molar-refractivity contribution >= 4 is 28.2 Å². The Kier molecular flexibility index (Phi) is 3.81. The van der Waals surface area contributed by atoms with Crippen LogP contribution in [-0.4, -0.2) is 35.1 Å². The van der Waals surface area contributed by atoms with Crippen LogP contribution in [0.1, 0.15) is 20.3 Å². The third-order valence-corrected chi connectivity index (χ3v) is 4.36. The number of hydrogen-bond acceptors (Lipinski definition) is 3. The summed E-state index contributed by atoms with van der Waals surface area (Å²) in [6.45, 7) is 6.76. The molecule has 1 unspecified atom stereocenters. The van der Waals surface area contributed by atoms with Crippen molar-refractivity contribution in [1.29, 1.82) is 0 Å². The third-order valence-electron chi connectivity index (χ3n) is 4.03. The molecule has 0 spiro atoms. The van der Waals surface area contributed by atoms with Crippen LogP contribution < -0.4 is 5.32 Å². The van der Waals surface area contributed by atoms with Crippen molar-refractivity contribution in [1.82, 2.24) is 9.88 Å². The average molecular weight is 290 g/mol. The first-order chi connectivity index (χ1) is 9.65. The molecule has 3 rings (SSSR count). The number of pyridine rings is 1. The lowest BCUT2D eigenvalue weighted by atomic mass is 10.1. The molecule has 1 aromatic carbocycles. The summed E-state index contributed by atoms with van der Waals surface area (Å²) in [6.07, 6.45) is 2.99. The van der Waals surface area contributed by atoms with Crippen molar-refractivity contribution in [2.45, 2.75) is 32.4 Å². The van der Waals surface area contributed by atoms with Crippen LogP contribution >= 0.6 is 11.6 Å². The van der Waals surface area contributed by atoms with Gasteiger partial charge in [-0.3, -0.25) is 9.88 Å². The second kappa shape index (κ2) is 5.58. The van der Waals surface area contributed by atoms with Gasteiger partial charge in [0.15, 0.2) is 0 Å². The maximum absolute atomic E-state index is 6.23. The van der Waals surface area contributed by atoms with Gasteiger partial charge in [0.25, 0.3) is 0 Å². The summed E-state index contributed by atoms with van der Waals surface area (Å²) in [7, 11) is 0. The highest BCUT2D eigenvalue weighted by Gasteiger charge is 2.24. The zero-order valence-corrected chi connectivity index (χ0v) is 12.7. The summed E-state index contributed by atoms with van der Waals surface area (Å²) in [5.41, 5.74) is 2.05. The summed E-state index contributed by atoms with van der Waals surface area (Å²) in [4.78, 5) is 6.98. The fourth-order valence-electron chi connectivity index (χ4n) is 2.85. The molecule has 1 aliphatic heterocycles. The topological polar surface area (TPSA) is 28.2 Å². The minimum absolute atomic E-state index is 0.490. The molecule has 0 saturated carbocycles. The van der Waals surface area contributed by atoms with Crippen molar-refractivity contribution in [3.05, 3.63) is 35.5 Å². The van der Waals surface area contributed by atoms with E-state index in [-0.39, 0.29) is 0 Å². The molecule has 1 atom stereocenters. The van der Waals surface area contributed by atoms with Gasteiger partial charge < -0.3 is 5.32 Å². The molecule has 0 radical (unpaired) electrons. The number of fused-ring (bicyclic) bond motifs is 1. The van der Waals surface area contributed by atoms with Crippen LogP contribution in [0.2, 0.25) is 5.02 Å². The third kappa shape index (κ3) is 2.60. The zero-order chi connectivity index (χ0) is 14.1. The number of rotatable bonds is 3. The molecule has 0 bridgehead atoms. The van der Waals surface area contributed by atoms with Gasteiger partial charge in [-0.1, -0.05) is 11.6 Å². The Hall–Kier alpha value is -1.32. The number of benzene rings is 1. The summed E-state index contributed by atoms with van der Waals surface area (Å²) in [6, 6.07) is 9.03. The second-order valence-electron chi connectivity index (χ2n) is 5.71. The summed E-state index contributed by atoms with van der Waals surface area (Å²) in [5.74, 6) is 0. The van der Waals surface area contributed by atoms with Crippen LogP contribution in [0, 0.1) is 0 Å². The first kappa shape index (κ1) is 13.7. The zero-order valence-electron chi connectivity index (χ0n) is 11.9. The molecule has 0 amide bonds. The van der Waals surface area contributed by atoms with E-state index in [1.165, 1.54) is 6.42 Å². The summed E-state index contributed by atoms with van der Waals surface area (Å²) >= 11 is 6.23. The molecule has 1 aliphatic rings. The molecule has 0 aliphatic carbocycles. The van der Waals surface area contributed by atoms with Gasteiger partial charge in [0.05, 0.1) is 16.2 Å². The molecule has 3 nitrogen and oxygen atoms in total. The summed E-state index contributed by atoms with van der Waals surface area (Å²) in [5, 5.41) is 5.40. The first-order valence-electron chi connectivity index (χ1n) is 7.19. The molecule has 1 saturated heterocycles. The Morgan fingerprint density at radius 3 is 2.95 bits per heavy atom. The van der Waals surface area contributed by atoms with Gasteiger partial charge in [0, 0.05) is 36.8 Å². The Morgan fingerprint density at radius 1 is 1.35 bits per heavy atom. The van der Waals surface area contributed by atoms with Crippen molar-refractivity contribution in [3.8, 4) is 0 Å². The Labute approximate surface area is 124 Å². The highest BCUT2D eigenvalue weighted by atomic mass is 35.5. The molecular weight excluding hydrogens is 270 g/mol. The van der Waals surface area contributed by atoms with Crippen LogP contribution in [-0.2, 0) is 0 Å². The van der Waals surface area contributed by atoms with Crippen LogP contribution in [0.5, 0.6) is 0 Å². The van der Waals surface area contributed by atoms with Crippen LogP contribution in [0.15, 0.2) is 30.5 Å². The van der Waals surface area contributed by atoms with E-state index >= 15 is 0 Å². The van der Waals surface area contributed by atoms with E-state index in [1.807, 2.05) is 30.5 Å². The van der Waals surface area contributed by atoms with E-state index in [9.17, 15) is 0 Å². The fourth-order valence-corrected chi connectivity index (χ4v) is 3.06. The number of anilines is 1. The molecule has 1 aromatic heterocycles. The Balaban J connectivity index is 1.84. The second-order valence-corrected chi connectivity index (χ2v) is 6.12. The van der Waals surface area contributed by atoms with Crippen molar-refractivity contribution in [2.75, 3.05) is 18.4 Å². The van der Waals surface area contributed by atoms with E-state index in [1.54, 1.807) is 0 Å². The van der Waals surface area contributed by atoms with Crippen molar-refractivity contribution in [2.24, 2.45) is 0 Å². The predicted molar refractivity (Wildman–Crippen MR) is 85.5 cm³/mol. The molecule has 1 fully saturated rings. The largest absolute Gasteiger partial charge is 0.379 e. The van der Waals surface area contributed by atoms with E-state index in [0.717, 1.165) is 34.7 Å². The molecule has 106 valence electrons. The van der Waals surface area contributed by atoms with Gasteiger partial charge >= 0.3 is 0 Å². The van der Waals surface area contributed by atoms with Crippen molar-refractivity contribution in [3.63, 3.8) is 0 Å².